The number of nitrogens with zero attached hydrogens (tertiary/aromatic N) is 2. The Morgan fingerprint density at radius 3 is 2.74 bits per heavy atom. The van der Waals surface area contributed by atoms with Crippen LogP contribution in [-0.4, -0.2) is 48.1 Å². The largest absolute Gasteiger partial charge is 0.386 e. The summed E-state index contributed by atoms with van der Waals surface area (Å²) in [6.07, 6.45) is 0.237. The number of aliphatic hydroxyl groups is 1. The average molecular weight is 437 g/mol. The van der Waals surface area contributed by atoms with Crippen LogP contribution in [0.25, 0.3) is 10.1 Å². The van der Waals surface area contributed by atoms with Crippen molar-refractivity contribution < 1.29 is 9.90 Å². The highest BCUT2D eigenvalue weighted by Crippen LogP contribution is 2.29. The lowest BCUT2D eigenvalue weighted by Gasteiger charge is -2.28. The predicted octanol–water partition coefficient (Wildman–Crippen LogP) is 3.07. The maximum absolute atomic E-state index is 12.7. The van der Waals surface area contributed by atoms with Crippen molar-refractivity contribution in [1.82, 2.24) is 15.5 Å². The third kappa shape index (κ3) is 5.24. The molecule has 1 amide bonds. The van der Waals surface area contributed by atoms with Gasteiger partial charge in [0.1, 0.15) is 12.6 Å². The lowest BCUT2D eigenvalue weighted by Crippen LogP contribution is -2.41. The van der Waals surface area contributed by atoms with E-state index in [1.54, 1.807) is 11.3 Å². The summed E-state index contributed by atoms with van der Waals surface area (Å²) in [5, 5.41) is 18.1. The molecule has 6 nitrogen and oxygen atoms in total. The van der Waals surface area contributed by atoms with Crippen LogP contribution in [0.15, 0.2) is 59.6 Å². The van der Waals surface area contributed by atoms with Gasteiger partial charge in [0.05, 0.1) is 0 Å². The molecule has 4 rings (SSSR count). The van der Waals surface area contributed by atoms with Crippen molar-refractivity contribution >= 4 is 33.3 Å². The molecule has 1 atom stereocenters. The molecule has 0 aliphatic carbocycles. The summed E-state index contributed by atoms with van der Waals surface area (Å²) in [5.74, 6) is 0.546. The van der Waals surface area contributed by atoms with Gasteiger partial charge >= 0.3 is 0 Å². The van der Waals surface area contributed by atoms with Crippen molar-refractivity contribution in [2.24, 2.45) is 4.99 Å². The molecule has 1 aliphatic heterocycles. The van der Waals surface area contributed by atoms with E-state index in [1.807, 2.05) is 48.2 Å². The number of carbonyl (C=O) groups excluding carboxylic acids is 1. The van der Waals surface area contributed by atoms with Crippen LogP contribution in [0.2, 0.25) is 0 Å². The van der Waals surface area contributed by atoms with E-state index in [1.165, 1.54) is 11.1 Å². The minimum atomic E-state index is -0.643. The summed E-state index contributed by atoms with van der Waals surface area (Å²) in [5.41, 5.74) is 2.53. The molecule has 0 saturated carbocycles. The summed E-state index contributed by atoms with van der Waals surface area (Å²) in [7, 11) is 0. The van der Waals surface area contributed by atoms with E-state index in [0.29, 0.717) is 25.6 Å². The second kappa shape index (κ2) is 9.94. The Morgan fingerprint density at radius 1 is 1.16 bits per heavy atom. The van der Waals surface area contributed by atoms with Crippen molar-refractivity contribution in [2.45, 2.75) is 26.0 Å². The van der Waals surface area contributed by atoms with E-state index in [9.17, 15) is 9.90 Å². The summed E-state index contributed by atoms with van der Waals surface area (Å²) in [4.78, 5) is 19.9. The second-order valence-corrected chi connectivity index (χ2v) is 8.73. The van der Waals surface area contributed by atoms with E-state index < -0.39 is 6.10 Å². The van der Waals surface area contributed by atoms with E-state index in [2.05, 4.69) is 33.8 Å². The van der Waals surface area contributed by atoms with Gasteiger partial charge < -0.3 is 20.6 Å². The van der Waals surface area contributed by atoms with Crippen LogP contribution in [-0.2, 0) is 17.8 Å². The van der Waals surface area contributed by atoms with Crippen LogP contribution < -0.4 is 10.6 Å². The zero-order valence-electron chi connectivity index (χ0n) is 17.7. The van der Waals surface area contributed by atoms with E-state index in [0.717, 1.165) is 27.9 Å². The van der Waals surface area contributed by atoms with Crippen molar-refractivity contribution in [3.63, 3.8) is 0 Å². The minimum absolute atomic E-state index is 0.0109. The van der Waals surface area contributed by atoms with Gasteiger partial charge in [-0.2, -0.15) is 0 Å². The van der Waals surface area contributed by atoms with Crippen LogP contribution in [0.3, 0.4) is 0 Å². The number of guanidine groups is 1. The molecule has 0 bridgehead atoms. The van der Waals surface area contributed by atoms with Crippen LogP contribution in [0.1, 0.15) is 29.0 Å². The smallest absolute Gasteiger partial charge is 0.244 e. The summed E-state index contributed by atoms with van der Waals surface area (Å²) in [6.45, 7) is 4.42. The molecule has 1 aliphatic rings. The number of thiophene rings is 1. The Morgan fingerprint density at radius 2 is 1.94 bits per heavy atom. The van der Waals surface area contributed by atoms with Crippen LogP contribution >= 0.6 is 11.3 Å². The molecule has 162 valence electrons. The Labute approximate surface area is 186 Å². The van der Waals surface area contributed by atoms with Gasteiger partial charge in [-0.1, -0.05) is 42.5 Å². The summed E-state index contributed by atoms with van der Waals surface area (Å²) >= 11 is 1.59. The van der Waals surface area contributed by atoms with Crippen molar-refractivity contribution in [2.75, 3.05) is 26.2 Å². The van der Waals surface area contributed by atoms with Crippen LogP contribution in [0, 0.1) is 0 Å². The molecule has 2 aromatic carbocycles. The highest BCUT2D eigenvalue weighted by Gasteiger charge is 2.20. The molecule has 31 heavy (non-hydrogen) atoms. The maximum atomic E-state index is 12.7. The first-order chi connectivity index (χ1) is 15.1. The number of carbonyl (C=O) groups is 1. The molecule has 1 aromatic heterocycles. The molecular weight excluding hydrogens is 408 g/mol. The van der Waals surface area contributed by atoms with Crippen LogP contribution in [0.4, 0.5) is 0 Å². The molecule has 0 saturated heterocycles. The molecule has 0 spiro atoms. The van der Waals surface area contributed by atoms with Gasteiger partial charge in [0.15, 0.2) is 5.96 Å². The van der Waals surface area contributed by atoms with E-state index in [-0.39, 0.29) is 12.5 Å². The fourth-order valence-corrected chi connectivity index (χ4v) is 4.81. The first-order valence-corrected chi connectivity index (χ1v) is 11.5. The van der Waals surface area contributed by atoms with E-state index in [4.69, 9.17) is 0 Å². The number of nitrogens with one attached hydrogen (secondary N) is 2. The number of amides is 1. The predicted molar refractivity (Wildman–Crippen MR) is 126 cm³/mol. The maximum Gasteiger partial charge on any atom is 0.244 e. The summed E-state index contributed by atoms with van der Waals surface area (Å²) < 4.78 is 1.16. The number of hydrogen-bond acceptors (Lipinski definition) is 4. The standard InChI is InChI=1S/C24H28N4O2S/c1-2-25-24(26-14-20(29)22-13-18-8-5-6-10-21(18)31-22)27-15-23(30)28-12-11-17-7-3-4-9-19(17)16-28/h3-10,13,20,29H,2,11-12,14-16H2,1H3,(H2,25,26,27). The Kier molecular flexibility index (Phi) is 6.84. The third-order valence-electron chi connectivity index (χ3n) is 5.44. The zero-order valence-corrected chi connectivity index (χ0v) is 18.5. The molecule has 0 fully saturated rings. The van der Waals surface area contributed by atoms with Crippen molar-refractivity contribution in [3.05, 3.63) is 70.6 Å². The molecule has 2 heterocycles. The quantitative estimate of drug-likeness (QED) is 0.410. The van der Waals surface area contributed by atoms with Crippen molar-refractivity contribution in [3.8, 4) is 0 Å². The topological polar surface area (TPSA) is 77.0 Å². The van der Waals surface area contributed by atoms with Gasteiger partial charge in [0.2, 0.25) is 5.91 Å². The van der Waals surface area contributed by atoms with Crippen LogP contribution in [0.5, 0.6) is 0 Å². The number of benzene rings is 2. The minimum Gasteiger partial charge on any atom is -0.386 e. The Bertz CT molecular complexity index is 1050. The molecular formula is C24H28N4O2S. The SMILES string of the molecule is CCNC(=NCC(=O)N1CCc2ccccc2C1)NCC(O)c1cc2ccccc2s1. The van der Waals surface area contributed by atoms with E-state index >= 15 is 0 Å². The summed E-state index contributed by atoms with van der Waals surface area (Å²) in [6, 6.07) is 18.4. The van der Waals surface area contributed by atoms with Gasteiger partial charge in [0, 0.05) is 35.8 Å². The number of aliphatic hydroxyl groups excluding tert-OH is 1. The zero-order chi connectivity index (χ0) is 21.6. The third-order valence-corrected chi connectivity index (χ3v) is 6.65. The van der Waals surface area contributed by atoms with Gasteiger partial charge in [-0.3, -0.25) is 4.79 Å². The number of rotatable bonds is 6. The molecule has 7 heteroatoms. The van der Waals surface area contributed by atoms with Gasteiger partial charge in [0.25, 0.3) is 0 Å². The monoisotopic (exact) mass is 436 g/mol. The normalized spacial score (nSPS) is 14.9. The fourth-order valence-electron chi connectivity index (χ4n) is 3.76. The molecule has 3 aromatic rings. The number of aliphatic imine (C=N–C) groups is 1. The molecule has 3 N–H and O–H groups in total. The second-order valence-electron chi connectivity index (χ2n) is 7.61. The lowest BCUT2D eigenvalue weighted by molar-refractivity contribution is -0.130. The first-order valence-electron chi connectivity index (χ1n) is 10.7. The number of fused-ring (bicyclic) bond motifs is 2. The highest BCUT2D eigenvalue weighted by molar-refractivity contribution is 7.19. The molecule has 1 unspecified atom stereocenters. The van der Waals surface area contributed by atoms with Gasteiger partial charge in [-0.05, 0) is 42.0 Å². The average Bonchev–Trinajstić information content (AvgIpc) is 3.24. The highest BCUT2D eigenvalue weighted by atomic mass is 32.1. The lowest BCUT2D eigenvalue weighted by atomic mass is 10.00. The number of hydrogen-bond donors (Lipinski definition) is 3. The Balaban J connectivity index is 1.34. The first kappa shape index (κ1) is 21.3. The van der Waals surface area contributed by atoms with Crippen molar-refractivity contribution in [1.29, 1.82) is 0 Å². The molecule has 0 radical (unpaired) electrons. The van der Waals surface area contributed by atoms with Gasteiger partial charge in [-0.15, -0.1) is 11.3 Å². The Hall–Kier alpha value is -2.90. The fraction of sp³-hybridized carbons (Fsp3) is 0.333. The van der Waals surface area contributed by atoms with Gasteiger partial charge in [-0.25, -0.2) is 4.99 Å².